The first-order valence-corrected chi connectivity index (χ1v) is 12.9. The molecule has 0 aliphatic carbocycles. The molecule has 6 rings (SSSR count). The van der Waals surface area contributed by atoms with Crippen molar-refractivity contribution in [3.8, 4) is 11.5 Å². The van der Waals surface area contributed by atoms with Crippen molar-refractivity contribution in [2.45, 2.75) is 44.9 Å². The number of nitrogens with one attached hydrogen (secondary N) is 1. The summed E-state index contributed by atoms with van der Waals surface area (Å²) in [6.07, 6.45) is 1.58. The van der Waals surface area contributed by atoms with Gasteiger partial charge in [0.15, 0.2) is 17.0 Å². The van der Waals surface area contributed by atoms with Crippen molar-refractivity contribution >= 4 is 22.7 Å². The zero-order valence-corrected chi connectivity index (χ0v) is 22.0. The van der Waals surface area contributed by atoms with Gasteiger partial charge in [0, 0.05) is 23.4 Å². The summed E-state index contributed by atoms with van der Waals surface area (Å²) in [4.78, 5) is 34.6. The first-order valence-electron chi connectivity index (χ1n) is 12.9. The maximum Gasteiger partial charge on any atom is 0.255 e. The van der Waals surface area contributed by atoms with Crippen molar-refractivity contribution < 1.29 is 23.5 Å². The minimum atomic E-state index is -1.17. The van der Waals surface area contributed by atoms with Crippen molar-refractivity contribution in [1.29, 1.82) is 0 Å². The van der Waals surface area contributed by atoms with Crippen molar-refractivity contribution in [3.05, 3.63) is 83.4 Å². The van der Waals surface area contributed by atoms with E-state index < -0.39 is 5.54 Å². The molecular weight excluding hydrogens is 482 g/mol. The number of carbonyl (C=O) groups is 2. The van der Waals surface area contributed by atoms with Gasteiger partial charge in [-0.05, 0) is 62.2 Å². The van der Waals surface area contributed by atoms with Crippen LogP contribution in [0.15, 0.2) is 65.3 Å². The Morgan fingerprint density at radius 2 is 1.92 bits per heavy atom. The Morgan fingerprint density at radius 3 is 2.66 bits per heavy atom. The molecule has 196 valence electrons. The monoisotopic (exact) mass is 513 g/mol. The molecule has 38 heavy (non-hydrogen) atoms. The van der Waals surface area contributed by atoms with Crippen molar-refractivity contribution in [3.63, 3.8) is 0 Å². The van der Waals surface area contributed by atoms with Gasteiger partial charge in [-0.2, -0.15) is 0 Å². The summed E-state index contributed by atoms with van der Waals surface area (Å²) < 4.78 is 17.1. The van der Waals surface area contributed by atoms with Gasteiger partial charge in [-0.15, -0.1) is 0 Å². The number of benzene rings is 2. The predicted octanol–water partition coefficient (Wildman–Crippen LogP) is 4.79. The highest BCUT2D eigenvalue weighted by Gasteiger charge is 2.56. The zero-order chi connectivity index (χ0) is 26.6. The van der Waals surface area contributed by atoms with E-state index in [1.165, 1.54) is 0 Å². The summed E-state index contributed by atoms with van der Waals surface area (Å²) in [5.74, 6) is 1.56. The van der Waals surface area contributed by atoms with Crippen LogP contribution in [0.4, 0.5) is 0 Å². The van der Waals surface area contributed by atoms with Gasteiger partial charge >= 0.3 is 0 Å². The van der Waals surface area contributed by atoms with Gasteiger partial charge in [0.05, 0.1) is 31.7 Å². The number of aromatic amines is 1. The van der Waals surface area contributed by atoms with Crippen LogP contribution in [0.2, 0.25) is 0 Å². The van der Waals surface area contributed by atoms with Gasteiger partial charge in [-0.1, -0.05) is 24.3 Å². The van der Waals surface area contributed by atoms with Gasteiger partial charge in [0.25, 0.3) is 5.91 Å². The number of aromatic nitrogens is 1. The van der Waals surface area contributed by atoms with E-state index in [0.717, 1.165) is 27.7 Å². The second-order valence-electron chi connectivity index (χ2n) is 10.4. The lowest BCUT2D eigenvalue weighted by Gasteiger charge is -2.51. The Morgan fingerprint density at radius 1 is 1.11 bits per heavy atom. The molecule has 0 saturated carbocycles. The molecule has 1 saturated heterocycles. The van der Waals surface area contributed by atoms with Gasteiger partial charge in [0.1, 0.15) is 12.3 Å². The van der Waals surface area contributed by atoms with Crippen LogP contribution in [0.3, 0.4) is 0 Å². The zero-order valence-electron chi connectivity index (χ0n) is 22.0. The lowest BCUT2D eigenvalue weighted by molar-refractivity contribution is -0.167. The summed E-state index contributed by atoms with van der Waals surface area (Å²) in [7, 11) is 1.63. The fourth-order valence-corrected chi connectivity index (χ4v) is 5.95. The fraction of sp³-hybridized carbons (Fsp3) is 0.333. The highest BCUT2D eigenvalue weighted by molar-refractivity contribution is 6.01. The number of para-hydroxylation sites is 1. The average molecular weight is 514 g/mol. The molecule has 8 nitrogen and oxygen atoms in total. The molecule has 2 aliphatic heterocycles. The van der Waals surface area contributed by atoms with E-state index in [9.17, 15) is 9.59 Å². The smallest absolute Gasteiger partial charge is 0.255 e. The molecule has 2 atom stereocenters. The molecule has 8 heteroatoms. The van der Waals surface area contributed by atoms with E-state index in [-0.39, 0.29) is 36.9 Å². The highest BCUT2D eigenvalue weighted by atomic mass is 16.5. The van der Waals surface area contributed by atoms with Crippen LogP contribution < -0.4 is 9.47 Å². The molecule has 1 N–H and O–H groups in total. The number of H-pyrrole nitrogens is 1. The van der Waals surface area contributed by atoms with E-state index in [2.05, 4.69) is 11.1 Å². The minimum absolute atomic E-state index is 0.00188. The molecular formula is C30H31N3O5. The molecule has 2 amide bonds. The predicted molar refractivity (Wildman–Crippen MR) is 142 cm³/mol. The second kappa shape index (κ2) is 8.97. The minimum Gasteiger partial charge on any atom is -0.493 e. The quantitative estimate of drug-likeness (QED) is 0.401. The number of fused-ring (bicyclic) bond motifs is 5. The van der Waals surface area contributed by atoms with E-state index >= 15 is 0 Å². The van der Waals surface area contributed by atoms with Gasteiger partial charge in [-0.25, -0.2) is 0 Å². The third kappa shape index (κ3) is 3.66. The standard InChI is InChI=1S/C30H31N3O5/c1-18(2)38-24-12-11-19(14-25(24)36-4)22-16-33-26(34)17-32(15-20-8-7-13-37-20)29(35)30(33,3)28-27(22)21-9-5-6-10-23(21)31-28/h5-14,18,22,31H,15-17H2,1-4H3/t22?,30-/m0/s1. The van der Waals surface area contributed by atoms with Crippen molar-refractivity contribution in [2.75, 3.05) is 20.2 Å². The molecule has 0 bridgehead atoms. The molecule has 2 aromatic carbocycles. The first-order chi connectivity index (χ1) is 18.3. The molecule has 2 aliphatic rings. The number of nitrogens with zero attached hydrogens (tertiary/aromatic N) is 2. The third-order valence-electron chi connectivity index (χ3n) is 7.70. The van der Waals surface area contributed by atoms with Crippen LogP contribution in [-0.2, 0) is 21.7 Å². The molecule has 0 spiro atoms. The Kier molecular flexibility index (Phi) is 5.70. The number of carbonyl (C=O) groups excluding carboxylic acids is 2. The molecule has 0 radical (unpaired) electrons. The van der Waals surface area contributed by atoms with Crippen molar-refractivity contribution in [1.82, 2.24) is 14.8 Å². The summed E-state index contributed by atoms with van der Waals surface area (Å²) in [5.41, 5.74) is 2.53. The Labute approximate surface area is 221 Å². The lowest BCUT2D eigenvalue weighted by atomic mass is 9.76. The Hall–Kier alpha value is -4.20. The molecule has 4 heterocycles. The lowest BCUT2D eigenvalue weighted by Crippen LogP contribution is -2.67. The molecule has 4 aromatic rings. The van der Waals surface area contributed by atoms with Crippen LogP contribution in [0.5, 0.6) is 11.5 Å². The van der Waals surface area contributed by atoms with Gasteiger partial charge < -0.3 is 28.7 Å². The maximum atomic E-state index is 14.1. The van der Waals surface area contributed by atoms with E-state index in [4.69, 9.17) is 13.9 Å². The average Bonchev–Trinajstić information content (AvgIpc) is 3.56. The van der Waals surface area contributed by atoms with Gasteiger partial charge in [-0.3, -0.25) is 9.59 Å². The van der Waals surface area contributed by atoms with Crippen LogP contribution >= 0.6 is 0 Å². The molecule has 2 aromatic heterocycles. The number of ether oxygens (including phenoxy) is 2. The largest absolute Gasteiger partial charge is 0.493 e. The van der Waals surface area contributed by atoms with E-state index in [0.29, 0.717) is 23.8 Å². The molecule has 1 unspecified atom stereocenters. The maximum absolute atomic E-state index is 14.1. The number of amides is 2. The van der Waals surface area contributed by atoms with Crippen LogP contribution in [0.1, 0.15) is 49.3 Å². The van der Waals surface area contributed by atoms with Crippen LogP contribution in [0, 0.1) is 0 Å². The number of rotatable bonds is 6. The third-order valence-corrected chi connectivity index (χ3v) is 7.70. The van der Waals surface area contributed by atoms with E-state index in [1.807, 2.05) is 63.2 Å². The number of methoxy groups -OCH3 is 1. The number of piperazine rings is 1. The fourth-order valence-electron chi connectivity index (χ4n) is 5.95. The van der Waals surface area contributed by atoms with Crippen LogP contribution in [-0.4, -0.2) is 52.9 Å². The number of hydrogen-bond acceptors (Lipinski definition) is 5. The normalized spacial score (nSPS) is 21.1. The molecule has 1 fully saturated rings. The van der Waals surface area contributed by atoms with Gasteiger partial charge in [0.2, 0.25) is 5.91 Å². The van der Waals surface area contributed by atoms with Crippen LogP contribution in [0.25, 0.3) is 10.9 Å². The topological polar surface area (TPSA) is 88.0 Å². The highest BCUT2D eigenvalue weighted by Crippen LogP contribution is 2.49. The summed E-state index contributed by atoms with van der Waals surface area (Å²) in [6.45, 7) is 6.42. The summed E-state index contributed by atoms with van der Waals surface area (Å²) >= 11 is 0. The Bertz CT molecular complexity index is 1520. The Balaban J connectivity index is 1.50. The van der Waals surface area contributed by atoms with E-state index in [1.54, 1.807) is 29.2 Å². The number of hydrogen-bond donors (Lipinski definition) is 1. The second-order valence-corrected chi connectivity index (χ2v) is 10.4. The number of furan rings is 1. The summed E-state index contributed by atoms with van der Waals surface area (Å²) in [6, 6.07) is 17.6. The first kappa shape index (κ1) is 24.2. The SMILES string of the molecule is COc1cc(C2CN3C(=O)CN(Cc4ccco4)C(=O)[C@]3(C)c3[nH]c4ccccc4c32)ccc1OC(C)C. The summed E-state index contributed by atoms with van der Waals surface area (Å²) in [5, 5.41) is 1.04. The van der Waals surface area contributed by atoms with Crippen molar-refractivity contribution in [2.24, 2.45) is 0 Å².